The molecular weight excluding hydrogens is 573 g/mol. The molecule has 2 N–H and O–H groups in total. The van der Waals surface area contributed by atoms with Gasteiger partial charge in [-0.05, 0) is 43.5 Å². The van der Waals surface area contributed by atoms with Crippen molar-refractivity contribution in [3.05, 3.63) is 73.3 Å². The average molecular weight is 599 g/mol. The normalized spacial score (nSPS) is 15.5. The number of nitrogens with zero attached hydrogens (tertiary/aromatic N) is 5. The standard InChI is InChI=1S/C29H26Cl2F2N6O2/c1-13(2)23-25(14(3)5-6-36-23)39-28-16(26(17(11-34)29(39)41)38-8-7-35-12-15(38)4)9-20(32)24(37-28)21-22(33)18(30)10-19(31)27(21)40/h5-6,9-10,13,15,35,40H,7-8,12H2,1-4H3/t15-/m0/s1. The molecule has 8 nitrogen and oxygen atoms in total. The van der Waals surface area contributed by atoms with E-state index in [-0.39, 0.29) is 39.3 Å². The molecule has 12 heteroatoms. The summed E-state index contributed by atoms with van der Waals surface area (Å²) >= 11 is 12.0. The number of aromatic nitrogens is 3. The van der Waals surface area contributed by atoms with Crippen molar-refractivity contribution < 1.29 is 13.9 Å². The Labute approximate surface area is 244 Å². The predicted octanol–water partition coefficient (Wildman–Crippen LogP) is 5.84. The largest absolute Gasteiger partial charge is 0.506 e. The van der Waals surface area contributed by atoms with Gasteiger partial charge in [-0.2, -0.15) is 5.26 Å². The first-order chi connectivity index (χ1) is 19.5. The molecule has 41 heavy (non-hydrogen) atoms. The molecule has 0 spiro atoms. The number of nitrogens with one attached hydrogen (secondary N) is 1. The molecule has 0 amide bonds. The van der Waals surface area contributed by atoms with Crippen LogP contribution in [-0.2, 0) is 0 Å². The summed E-state index contributed by atoms with van der Waals surface area (Å²) in [7, 11) is 0. The van der Waals surface area contributed by atoms with Crippen LogP contribution in [0.3, 0.4) is 0 Å². The highest BCUT2D eigenvalue weighted by Crippen LogP contribution is 2.43. The summed E-state index contributed by atoms with van der Waals surface area (Å²) in [6, 6.07) is 5.73. The van der Waals surface area contributed by atoms with E-state index in [1.54, 1.807) is 19.2 Å². The van der Waals surface area contributed by atoms with Gasteiger partial charge in [-0.15, -0.1) is 0 Å². The number of piperazine rings is 1. The molecule has 4 aromatic rings. The van der Waals surface area contributed by atoms with Crippen LogP contribution in [0.25, 0.3) is 28.0 Å². The summed E-state index contributed by atoms with van der Waals surface area (Å²) in [5, 5.41) is 23.6. The molecular formula is C29H26Cl2F2N6O2. The van der Waals surface area contributed by atoms with Crippen LogP contribution in [0.4, 0.5) is 14.5 Å². The Hall–Kier alpha value is -3.78. The fourth-order valence-electron chi connectivity index (χ4n) is 5.31. The van der Waals surface area contributed by atoms with Crippen LogP contribution in [0.2, 0.25) is 10.0 Å². The van der Waals surface area contributed by atoms with E-state index in [9.17, 15) is 15.2 Å². The minimum atomic E-state index is -1.13. The van der Waals surface area contributed by atoms with E-state index >= 15 is 8.78 Å². The Bertz CT molecular complexity index is 1790. The van der Waals surface area contributed by atoms with Gasteiger partial charge in [-0.3, -0.25) is 14.3 Å². The fraction of sp³-hybridized carbons (Fsp3) is 0.310. The van der Waals surface area contributed by atoms with E-state index in [4.69, 9.17) is 23.2 Å². The van der Waals surface area contributed by atoms with E-state index in [2.05, 4.69) is 21.4 Å². The van der Waals surface area contributed by atoms with Crippen LogP contribution in [0.5, 0.6) is 5.75 Å². The minimum absolute atomic E-state index is 0.0426. The van der Waals surface area contributed by atoms with Crippen molar-refractivity contribution in [1.82, 2.24) is 19.9 Å². The number of hydrogen-bond acceptors (Lipinski definition) is 7. The molecule has 1 aromatic carbocycles. The van der Waals surface area contributed by atoms with Crippen LogP contribution in [0.15, 0.2) is 29.2 Å². The highest BCUT2D eigenvalue weighted by Gasteiger charge is 2.31. The lowest BCUT2D eigenvalue weighted by atomic mass is 10.0. The third-order valence-electron chi connectivity index (χ3n) is 7.28. The Morgan fingerprint density at radius 2 is 1.95 bits per heavy atom. The molecule has 0 aliphatic carbocycles. The van der Waals surface area contributed by atoms with Gasteiger partial charge in [-0.25, -0.2) is 13.8 Å². The molecule has 1 aliphatic rings. The van der Waals surface area contributed by atoms with Crippen molar-refractivity contribution in [3.8, 4) is 28.8 Å². The minimum Gasteiger partial charge on any atom is -0.506 e. The number of anilines is 1. The quantitative estimate of drug-likeness (QED) is 0.284. The van der Waals surface area contributed by atoms with Crippen molar-refractivity contribution in [2.75, 3.05) is 24.5 Å². The van der Waals surface area contributed by atoms with Crippen LogP contribution in [-0.4, -0.2) is 45.3 Å². The first-order valence-corrected chi connectivity index (χ1v) is 13.7. The third-order valence-corrected chi connectivity index (χ3v) is 7.85. The zero-order valence-corrected chi connectivity index (χ0v) is 24.2. The van der Waals surface area contributed by atoms with Crippen molar-refractivity contribution in [2.45, 2.75) is 39.7 Å². The Morgan fingerprint density at radius 3 is 2.61 bits per heavy atom. The maximum atomic E-state index is 16.0. The van der Waals surface area contributed by atoms with Gasteiger partial charge in [0, 0.05) is 37.3 Å². The van der Waals surface area contributed by atoms with E-state index in [1.165, 1.54) is 4.57 Å². The second-order valence-electron chi connectivity index (χ2n) is 10.3. The van der Waals surface area contributed by atoms with Gasteiger partial charge in [0.15, 0.2) is 17.3 Å². The van der Waals surface area contributed by atoms with Gasteiger partial charge >= 0.3 is 0 Å². The topological polar surface area (TPSA) is 107 Å². The Morgan fingerprint density at radius 1 is 1.22 bits per heavy atom. The maximum absolute atomic E-state index is 16.0. The number of nitriles is 1. The zero-order valence-electron chi connectivity index (χ0n) is 22.7. The van der Waals surface area contributed by atoms with Gasteiger partial charge in [0.25, 0.3) is 5.56 Å². The van der Waals surface area contributed by atoms with Crippen LogP contribution < -0.4 is 15.8 Å². The molecule has 1 atom stereocenters. The molecule has 0 bridgehead atoms. The van der Waals surface area contributed by atoms with Gasteiger partial charge in [0.05, 0.1) is 32.7 Å². The molecule has 0 saturated carbocycles. The maximum Gasteiger partial charge on any atom is 0.276 e. The van der Waals surface area contributed by atoms with Crippen LogP contribution >= 0.6 is 23.2 Å². The number of phenolic OH excluding ortho intramolecular Hbond substituents is 1. The molecule has 3 aromatic heterocycles. The smallest absolute Gasteiger partial charge is 0.276 e. The fourth-order valence-corrected chi connectivity index (χ4v) is 5.77. The van der Waals surface area contributed by atoms with E-state index in [0.717, 1.165) is 12.1 Å². The second-order valence-corrected chi connectivity index (χ2v) is 11.1. The summed E-state index contributed by atoms with van der Waals surface area (Å²) in [5.74, 6) is -3.02. The number of hydrogen-bond donors (Lipinski definition) is 2. The summed E-state index contributed by atoms with van der Waals surface area (Å²) in [6.45, 7) is 9.11. The van der Waals surface area contributed by atoms with Crippen molar-refractivity contribution in [3.63, 3.8) is 0 Å². The average Bonchev–Trinajstić information content (AvgIpc) is 2.93. The molecule has 212 valence electrons. The molecule has 0 unspecified atom stereocenters. The number of phenols is 1. The zero-order chi connectivity index (χ0) is 29.7. The molecule has 0 radical (unpaired) electrons. The number of aromatic hydroxyl groups is 1. The Balaban J connectivity index is 2.02. The summed E-state index contributed by atoms with van der Waals surface area (Å²) in [4.78, 5) is 25.1. The van der Waals surface area contributed by atoms with Crippen LogP contribution in [0, 0.1) is 29.9 Å². The number of aryl methyl sites for hydroxylation is 1. The number of rotatable bonds is 4. The molecule has 1 saturated heterocycles. The molecule has 5 rings (SSSR count). The first kappa shape index (κ1) is 28.7. The number of fused-ring (bicyclic) bond motifs is 1. The van der Waals surface area contributed by atoms with E-state index in [0.29, 0.717) is 36.6 Å². The monoisotopic (exact) mass is 598 g/mol. The molecule has 1 aliphatic heterocycles. The predicted molar refractivity (Wildman–Crippen MR) is 155 cm³/mol. The van der Waals surface area contributed by atoms with Gasteiger partial charge in [0.2, 0.25) is 0 Å². The van der Waals surface area contributed by atoms with Crippen molar-refractivity contribution >= 4 is 39.9 Å². The summed E-state index contributed by atoms with van der Waals surface area (Å²) in [6.07, 6.45) is 1.61. The number of pyridine rings is 3. The second kappa shape index (κ2) is 10.9. The molecule has 4 heterocycles. The van der Waals surface area contributed by atoms with Crippen LogP contribution in [0.1, 0.15) is 43.5 Å². The molecule has 1 fully saturated rings. The van der Waals surface area contributed by atoms with Gasteiger partial charge in [0.1, 0.15) is 23.1 Å². The van der Waals surface area contributed by atoms with Crippen molar-refractivity contribution in [2.24, 2.45) is 0 Å². The lowest BCUT2D eigenvalue weighted by molar-refractivity contribution is 0.471. The van der Waals surface area contributed by atoms with Gasteiger partial charge < -0.3 is 15.3 Å². The van der Waals surface area contributed by atoms with E-state index in [1.807, 2.05) is 25.7 Å². The highest BCUT2D eigenvalue weighted by atomic mass is 35.5. The lowest BCUT2D eigenvalue weighted by Crippen LogP contribution is -2.50. The SMILES string of the molecule is Cc1ccnc(C(C)C)c1-n1c(=O)c(C#N)c(N2CCNC[C@@H]2C)c2cc(F)c(-c3c(O)c(Cl)cc(Cl)c3F)nc21. The van der Waals surface area contributed by atoms with Crippen molar-refractivity contribution in [1.29, 1.82) is 5.26 Å². The lowest BCUT2D eigenvalue weighted by Gasteiger charge is -2.37. The Kier molecular flexibility index (Phi) is 7.64. The summed E-state index contributed by atoms with van der Waals surface area (Å²) in [5.41, 5.74) is -0.324. The first-order valence-electron chi connectivity index (χ1n) is 13.0. The number of halogens is 4. The third kappa shape index (κ3) is 4.68. The van der Waals surface area contributed by atoms with E-state index < -0.39 is 39.2 Å². The highest BCUT2D eigenvalue weighted by molar-refractivity contribution is 6.36. The number of benzene rings is 1. The van der Waals surface area contributed by atoms with Gasteiger partial charge in [-0.1, -0.05) is 37.0 Å². The summed E-state index contributed by atoms with van der Waals surface area (Å²) < 4.78 is 32.5.